The van der Waals surface area contributed by atoms with Crippen molar-refractivity contribution in [3.8, 4) is 22.6 Å². The van der Waals surface area contributed by atoms with Gasteiger partial charge in [0.1, 0.15) is 23.9 Å². The van der Waals surface area contributed by atoms with E-state index in [0.29, 0.717) is 12.1 Å². The molecule has 3 rings (SSSR count). The Kier molecular flexibility index (Phi) is 8.93. The molecule has 0 heterocycles. The van der Waals surface area contributed by atoms with Crippen LogP contribution in [0.4, 0.5) is 17.6 Å². The molecule has 3 aromatic rings. The zero-order valence-corrected chi connectivity index (χ0v) is 19.9. The molecule has 0 amide bonds. The molecule has 0 fully saturated rings. The molecule has 1 atom stereocenters. The molecular weight excluding hydrogens is 478 g/mol. The SMILES string of the molecule is COc1cccc(C(C)NCCOc2cc(-c3ccc(F)c(CCC(=O)O)c3)cc(C(F)(F)F)c2)c1. The van der Waals surface area contributed by atoms with Crippen LogP contribution in [-0.2, 0) is 17.4 Å². The molecular formula is C27H27F4NO4. The van der Waals surface area contributed by atoms with Gasteiger partial charge in [-0.15, -0.1) is 0 Å². The van der Waals surface area contributed by atoms with Crippen LogP contribution in [-0.4, -0.2) is 31.3 Å². The molecule has 2 N–H and O–H groups in total. The zero-order chi connectivity index (χ0) is 26.3. The third-order valence-corrected chi connectivity index (χ3v) is 5.64. The van der Waals surface area contributed by atoms with Gasteiger partial charge in [0.2, 0.25) is 0 Å². The lowest BCUT2D eigenvalue weighted by Gasteiger charge is -2.17. The Hall–Kier alpha value is -3.59. The molecule has 9 heteroatoms. The number of halogens is 4. The van der Waals surface area contributed by atoms with Crippen molar-refractivity contribution in [2.45, 2.75) is 32.0 Å². The van der Waals surface area contributed by atoms with Crippen LogP contribution in [0.1, 0.15) is 36.1 Å². The second kappa shape index (κ2) is 11.9. The van der Waals surface area contributed by atoms with Gasteiger partial charge >= 0.3 is 12.1 Å². The number of hydrogen-bond acceptors (Lipinski definition) is 4. The normalized spacial score (nSPS) is 12.3. The maximum absolute atomic E-state index is 14.1. The number of ether oxygens (including phenoxy) is 2. The van der Waals surface area contributed by atoms with Gasteiger partial charge in [0.05, 0.1) is 12.7 Å². The van der Waals surface area contributed by atoms with Crippen LogP contribution in [0.2, 0.25) is 0 Å². The van der Waals surface area contributed by atoms with Crippen LogP contribution in [0.5, 0.6) is 11.5 Å². The van der Waals surface area contributed by atoms with E-state index in [2.05, 4.69) is 5.32 Å². The van der Waals surface area contributed by atoms with Gasteiger partial charge in [-0.3, -0.25) is 4.79 Å². The lowest BCUT2D eigenvalue weighted by Crippen LogP contribution is -2.24. The van der Waals surface area contributed by atoms with E-state index in [1.807, 2.05) is 31.2 Å². The highest BCUT2D eigenvalue weighted by molar-refractivity contribution is 5.69. The molecule has 5 nitrogen and oxygen atoms in total. The van der Waals surface area contributed by atoms with Crippen LogP contribution < -0.4 is 14.8 Å². The third-order valence-electron chi connectivity index (χ3n) is 5.64. The molecule has 0 radical (unpaired) electrons. The van der Waals surface area contributed by atoms with E-state index in [1.165, 1.54) is 18.2 Å². The molecule has 0 saturated heterocycles. The number of carboxylic acids is 1. The van der Waals surface area contributed by atoms with E-state index in [4.69, 9.17) is 14.6 Å². The summed E-state index contributed by atoms with van der Waals surface area (Å²) < 4.78 is 65.6. The number of rotatable bonds is 11. The van der Waals surface area contributed by atoms with Crippen LogP contribution in [0.3, 0.4) is 0 Å². The predicted octanol–water partition coefficient (Wildman–Crippen LogP) is 6.27. The highest BCUT2D eigenvalue weighted by atomic mass is 19.4. The van der Waals surface area contributed by atoms with Gasteiger partial charge in [0, 0.05) is 19.0 Å². The summed E-state index contributed by atoms with van der Waals surface area (Å²) in [7, 11) is 1.58. The Morgan fingerprint density at radius 2 is 1.81 bits per heavy atom. The number of hydrogen-bond donors (Lipinski definition) is 2. The minimum Gasteiger partial charge on any atom is -0.497 e. The monoisotopic (exact) mass is 505 g/mol. The van der Waals surface area contributed by atoms with Gasteiger partial charge in [-0.1, -0.05) is 18.2 Å². The van der Waals surface area contributed by atoms with Gasteiger partial charge in [-0.2, -0.15) is 13.2 Å². The van der Waals surface area contributed by atoms with E-state index in [-0.39, 0.29) is 42.4 Å². The minimum atomic E-state index is -4.61. The van der Waals surface area contributed by atoms with E-state index < -0.39 is 23.5 Å². The summed E-state index contributed by atoms with van der Waals surface area (Å²) in [6.45, 7) is 2.44. The van der Waals surface area contributed by atoms with Crippen molar-refractivity contribution in [2.75, 3.05) is 20.3 Å². The maximum Gasteiger partial charge on any atom is 0.416 e. The number of carbonyl (C=O) groups is 1. The minimum absolute atomic E-state index is 0.0204. The highest BCUT2D eigenvalue weighted by Gasteiger charge is 2.31. The summed E-state index contributed by atoms with van der Waals surface area (Å²) in [5, 5.41) is 12.1. The first kappa shape index (κ1) is 27.0. The Bertz CT molecular complexity index is 1200. The Morgan fingerprint density at radius 3 is 2.50 bits per heavy atom. The lowest BCUT2D eigenvalue weighted by atomic mass is 9.98. The molecule has 0 aliphatic heterocycles. The predicted molar refractivity (Wildman–Crippen MR) is 128 cm³/mol. The quantitative estimate of drug-likeness (QED) is 0.238. The Morgan fingerprint density at radius 1 is 1.03 bits per heavy atom. The highest BCUT2D eigenvalue weighted by Crippen LogP contribution is 2.36. The fourth-order valence-corrected chi connectivity index (χ4v) is 3.67. The molecule has 1 unspecified atom stereocenters. The van der Waals surface area contributed by atoms with E-state index in [1.54, 1.807) is 7.11 Å². The van der Waals surface area contributed by atoms with Crippen molar-refractivity contribution in [2.24, 2.45) is 0 Å². The second-order valence-corrected chi connectivity index (χ2v) is 8.24. The van der Waals surface area contributed by atoms with Crippen molar-refractivity contribution in [3.05, 3.63) is 83.2 Å². The first-order chi connectivity index (χ1) is 17.1. The van der Waals surface area contributed by atoms with Crippen LogP contribution in [0.25, 0.3) is 11.1 Å². The second-order valence-electron chi connectivity index (χ2n) is 8.24. The number of aryl methyl sites for hydroxylation is 1. The number of benzene rings is 3. The van der Waals surface area contributed by atoms with E-state index in [0.717, 1.165) is 29.5 Å². The number of alkyl halides is 3. The molecule has 0 aliphatic carbocycles. The lowest BCUT2D eigenvalue weighted by molar-refractivity contribution is -0.138. The van der Waals surface area contributed by atoms with Gasteiger partial charge in [-0.25, -0.2) is 4.39 Å². The Labute approximate surface area is 206 Å². The average Bonchev–Trinajstić information content (AvgIpc) is 2.85. The van der Waals surface area contributed by atoms with Gasteiger partial charge in [-0.05, 0) is 78.1 Å². The summed E-state index contributed by atoms with van der Waals surface area (Å²) in [6, 6.07) is 14.7. The number of methoxy groups -OCH3 is 1. The molecule has 0 bridgehead atoms. The van der Waals surface area contributed by atoms with Gasteiger partial charge in [0.15, 0.2) is 0 Å². The molecule has 0 aromatic heterocycles. The summed E-state index contributed by atoms with van der Waals surface area (Å²) in [5.74, 6) is -0.962. The van der Waals surface area contributed by atoms with Gasteiger partial charge in [0.25, 0.3) is 0 Å². The molecule has 192 valence electrons. The smallest absolute Gasteiger partial charge is 0.416 e. The topological polar surface area (TPSA) is 67.8 Å². The fraction of sp³-hybridized carbons (Fsp3) is 0.296. The van der Waals surface area contributed by atoms with E-state index >= 15 is 0 Å². The van der Waals surface area contributed by atoms with Crippen molar-refractivity contribution < 1.29 is 36.9 Å². The molecule has 0 spiro atoms. The molecule has 36 heavy (non-hydrogen) atoms. The maximum atomic E-state index is 14.1. The standard InChI is InChI=1S/C27H27F4NO4/c1-17(18-4-3-5-23(14-18)35-2)32-10-11-36-24-15-21(13-22(16-24)27(29,30)31)19-6-8-25(28)20(12-19)7-9-26(33)34/h3-6,8,12-17,32H,7,9-11H2,1-2H3,(H,33,34). The van der Waals surface area contributed by atoms with Crippen molar-refractivity contribution in [3.63, 3.8) is 0 Å². The number of nitrogens with one attached hydrogen (secondary N) is 1. The first-order valence-corrected chi connectivity index (χ1v) is 11.3. The fourth-order valence-electron chi connectivity index (χ4n) is 3.67. The summed E-state index contributed by atoms with van der Waals surface area (Å²) in [4.78, 5) is 10.8. The zero-order valence-electron chi connectivity index (χ0n) is 19.9. The van der Waals surface area contributed by atoms with Crippen LogP contribution in [0, 0.1) is 5.82 Å². The van der Waals surface area contributed by atoms with Crippen molar-refractivity contribution in [1.82, 2.24) is 5.32 Å². The average molecular weight is 506 g/mol. The van der Waals surface area contributed by atoms with Crippen LogP contribution in [0.15, 0.2) is 60.7 Å². The first-order valence-electron chi connectivity index (χ1n) is 11.3. The van der Waals surface area contributed by atoms with Gasteiger partial charge < -0.3 is 19.9 Å². The summed E-state index contributed by atoms with van der Waals surface area (Å²) in [5.41, 5.74) is 0.729. The molecule has 3 aromatic carbocycles. The molecule has 0 saturated carbocycles. The molecule has 0 aliphatic rings. The largest absolute Gasteiger partial charge is 0.497 e. The summed E-state index contributed by atoms with van der Waals surface area (Å²) >= 11 is 0. The van der Waals surface area contributed by atoms with E-state index in [9.17, 15) is 22.4 Å². The van der Waals surface area contributed by atoms with Crippen molar-refractivity contribution >= 4 is 5.97 Å². The van der Waals surface area contributed by atoms with Crippen molar-refractivity contribution in [1.29, 1.82) is 0 Å². The number of carboxylic acid groups (broad SMARTS) is 1. The third kappa shape index (κ3) is 7.45. The number of aliphatic carboxylic acids is 1. The van der Waals surface area contributed by atoms with Crippen LogP contribution >= 0.6 is 0 Å². The Balaban J connectivity index is 1.74. The summed E-state index contributed by atoms with van der Waals surface area (Å²) in [6.07, 6.45) is -4.98.